The first-order chi connectivity index (χ1) is 15.5. The number of sulfone groups is 1. The Hall–Kier alpha value is -3.01. The van der Waals surface area contributed by atoms with Crippen molar-refractivity contribution < 1.29 is 22.3 Å². The molecule has 2 N–H and O–H groups in total. The number of hydrogen-bond acceptors (Lipinski definition) is 5. The quantitative estimate of drug-likeness (QED) is 0.504. The van der Waals surface area contributed by atoms with Gasteiger partial charge in [-0.1, -0.05) is 13.8 Å². The zero-order chi connectivity index (χ0) is 24.2. The Labute approximate surface area is 193 Å². The van der Waals surface area contributed by atoms with Crippen molar-refractivity contribution in [1.82, 2.24) is 9.88 Å². The van der Waals surface area contributed by atoms with E-state index < -0.39 is 15.7 Å². The smallest absolute Gasteiger partial charge is 0.345 e. The highest BCUT2D eigenvalue weighted by Gasteiger charge is 2.23. The number of amidine groups is 1. The Kier molecular flexibility index (Phi) is 7.68. The number of nitrogens with zero attached hydrogens (tertiary/aromatic N) is 3. The standard InChI is InChI=1S/C23H29FN4O4S/c1-15(2)22(25)27-23(29)28-10-8-16(9-11-28)14-32-17-4-7-21(26-13-17)19-6-5-18(12-20(19)24)33(3,30)31/h4-7,12-13,15-16H,8-11,14H2,1-3H3,(H2,25,27,29). The normalized spacial score (nSPS) is 15.7. The van der Waals surface area contributed by atoms with Gasteiger partial charge in [0.15, 0.2) is 9.84 Å². The number of aromatic nitrogens is 1. The Balaban J connectivity index is 1.53. The van der Waals surface area contributed by atoms with Crippen molar-refractivity contribution in [3.05, 3.63) is 42.3 Å². The van der Waals surface area contributed by atoms with Crippen LogP contribution in [0, 0.1) is 17.7 Å². The predicted octanol–water partition coefficient (Wildman–Crippen LogP) is 3.52. The topological polar surface area (TPSA) is 115 Å². The van der Waals surface area contributed by atoms with Crippen LogP contribution < -0.4 is 10.5 Å². The van der Waals surface area contributed by atoms with E-state index in [1.54, 1.807) is 17.0 Å². The van der Waals surface area contributed by atoms with E-state index in [4.69, 9.17) is 10.5 Å². The highest BCUT2D eigenvalue weighted by atomic mass is 32.2. The minimum atomic E-state index is -3.48. The molecule has 0 atom stereocenters. The van der Waals surface area contributed by atoms with Crippen molar-refractivity contribution in [3.63, 3.8) is 0 Å². The summed E-state index contributed by atoms with van der Waals surface area (Å²) in [7, 11) is -3.48. The second kappa shape index (κ2) is 10.3. The van der Waals surface area contributed by atoms with Gasteiger partial charge in [0, 0.05) is 30.8 Å². The number of rotatable bonds is 6. The van der Waals surface area contributed by atoms with Gasteiger partial charge < -0.3 is 15.4 Å². The summed E-state index contributed by atoms with van der Waals surface area (Å²) < 4.78 is 43.4. The molecule has 1 aliphatic rings. The van der Waals surface area contributed by atoms with Crippen molar-refractivity contribution in [3.8, 4) is 17.0 Å². The van der Waals surface area contributed by atoms with Gasteiger partial charge in [0.1, 0.15) is 17.4 Å². The van der Waals surface area contributed by atoms with Crippen molar-refractivity contribution in [2.45, 2.75) is 31.6 Å². The molecule has 2 heterocycles. The third kappa shape index (κ3) is 6.50. The number of pyridine rings is 1. The van der Waals surface area contributed by atoms with Gasteiger partial charge in [0.25, 0.3) is 0 Å². The Morgan fingerprint density at radius 2 is 1.97 bits per heavy atom. The van der Waals surface area contributed by atoms with Crippen LogP contribution in [0.15, 0.2) is 46.4 Å². The number of likely N-dealkylation sites (tertiary alicyclic amines) is 1. The summed E-state index contributed by atoms with van der Waals surface area (Å²) in [5.41, 5.74) is 6.37. The largest absolute Gasteiger partial charge is 0.492 e. The number of ether oxygens (including phenoxy) is 1. The van der Waals surface area contributed by atoms with E-state index in [1.807, 2.05) is 13.8 Å². The molecule has 0 unspecified atom stereocenters. The number of carbonyl (C=O) groups is 1. The second-order valence-corrected chi connectivity index (χ2v) is 10.5. The fourth-order valence-corrected chi connectivity index (χ4v) is 4.01. The molecule has 1 aliphatic heterocycles. The lowest BCUT2D eigenvalue weighted by atomic mass is 9.98. The Morgan fingerprint density at radius 1 is 1.27 bits per heavy atom. The van der Waals surface area contributed by atoms with Crippen LogP contribution in [-0.4, -0.2) is 56.1 Å². The van der Waals surface area contributed by atoms with Crippen LogP contribution in [-0.2, 0) is 9.84 Å². The Bertz CT molecular complexity index is 1130. The number of benzene rings is 1. The van der Waals surface area contributed by atoms with Gasteiger partial charge in [-0.05, 0) is 49.1 Å². The first-order valence-corrected chi connectivity index (χ1v) is 12.7. The number of nitrogens with two attached hydrogens (primary N) is 1. The van der Waals surface area contributed by atoms with Crippen LogP contribution in [0.4, 0.5) is 9.18 Å². The highest BCUT2D eigenvalue weighted by molar-refractivity contribution is 7.90. The molecule has 1 aromatic carbocycles. The van der Waals surface area contributed by atoms with Gasteiger partial charge in [-0.2, -0.15) is 4.99 Å². The lowest BCUT2D eigenvalue weighted by Gasteiger charge is -2.30. The summed E-state index contributed by atoms with van der Waals surface area (Å²) in [6.07, 6.45) is 4.14. The number of piperidine rings is 1. The lowest BCUT2D eigenvalue weighted by molar-refractivity contribution is 0.150. The maximum Gasteiger partial charge on any atom is 0.345 e. The second-order valence-electron chi connectivity index (χ2n) is 8.51. The van der Waals surface area contributed by atoms with Crippen LogP contribution in [0.5, 0.6) is 5.75 Å². The maximum atomic E-state index is 14.4. The zero-order valence-electron chi connectivity index (χ0n) is 19.0. The molecule has 1 saturated heterocycles. The first kappa shape index (κ1) is 24.6. The summed E-state index contributed by atoms with van der Waals surface area (Å²) in [5, 5.41) is 0. The van der Waals surface area contributed by atoms with E-state index in [1.165, 1.54) is 18.3 Å². The van der Waals surface area contributed by atoms with Gasteiger partial charge >= 0.3 is 6.03 Å². The number of carbonyl (C=O) groups excluding carboxylic acids is 1. The number of urea groups is 1. The lowest BCUT2D eigenvalue weighted by Crippen LogP contribution is -2.39. The highest BCUT2D eigenvalue weighted by Crippen LogP contribution is 2.26. The van der Waals surface area contributed by atoms with Gasteiger partial charge in [-0.15, -0.1) is 0 Å². The molecule has 2 aromatic rings. The summed E-state index contributed by atoms with van der Waals surface area (Å²) in [5.74, 6) is 0.566. The number of hydrogen-bond donors (Lipinski definition) is 1. The summed E-state index contributed by atoms with van der Waals surface area (Å²) >= 11 is 0. The van der Waals surface area contributed by atoms with Crippen LogP contribution in [0.25, 0.3) is 11.3 Å². The molecule has 0 radical (unpaired) electrons. The number of aliphatic imine (C=N–C) groups is 1. The summed E-state index contributed by atoms with van der Waals surface area (Å²) in [4.78, 5) is 22.0. The van der Waals surface area contributed by atoms with Crippen LogP contribution in [0.2, 0.25) is 0 Å². The summed E-state index contributed by atoms with van der Waals surface area (Å²) in [6.45, 7) is 5.46. The molecule has 1 fully saturated rings. The molecule has 2 amide bonds. The van der Waals surface area contributed by atoms with E-state index >= 15 is 0 Å². The van der Waals surface area contributed by atoms with E-state index in [9.17, 15) is 17.6 Å². The van der Waals surface area contributed by atoms with E-state index in [-0.39, 0.29) is 22.4 Å². The average Bonchev–Trinajstić information content (AvgIpc) is 2.77. The molecule has 8 nitrogen and oxygen atoms in total. The van der Waals surface area contributed by atoms with Crippen LogP contribution in [0.3, 0.4) is 0 Å². The van der Waals surface area contributed by atoms with Crippen molar-refractivity contribution in [2.75, 3.05) is 26.0 Å². The van der Waals surface area contributed by atoms with Crippen molar-refractivity contribution in [1.29, 1.82) is 0 Å². The van der Waals surface area contributed by atoms with E-state index in [2.05, 4.69) is 9.98 Å². The molecule has 1 aromatic heterocycles. The first-order valence-electron chi connectivity index (χ1n) is 10.8. The summed E-state index contributed by atoms with van der Waals surface area (Å²) in [6, 6.07) is 6.80. The fraction of sp³-hybridized carbons (Fsp3) is 0.435. The van der Waals surface area contributed by atoms with Gasteiger partial charge in [0.2, 0.25) is 0 Å². The fourth-order valence-electron chi connectivity index (χ4n) is 3.37. The van der Waals surface area contributed by atoms with Crippen molar-refractivity contribution in [2.24, 2.45) is 22.6 Å². The molecule has 0 bridgehead atoms. The van der Waals surface area contributed by atoms with Crippen LogP contribution in [0.1, 0.15) is 26.7 Å². The molecule has 178 valence electrons. The third-order valence-corrected chi connectivity index (χ3v) is 6.68. The molecule has 3 rings (SSSR count). The molecule has 33 heavy (non-hydrogen) atoms. The van der Waals surface area contributed by atoms with Gasteiger partial charge in [-0.25, -0.2) is 17.6 Å². The molecular weight excluding hydrogens is 447 g/mol. The third-order valence-electron chi connectivity index (χ3n) is 5.57. The molecule has 0 saturated carbocycles. The molecule has 10 heteroatoms. The van der Waals surface area contributed by atoms with Gasteiger partial charge in [0.05, 0.1) is 23.4 Å². The molecule has 0 aliphatic carbocycles. The minimum Gasteiger partial charge on any atom is -0.492 e. The van der Waals surface area contributed by atoms with Gasteiger partial charge in [-0.3, -0.25) is 4.98 Å². The average molecular weight is 477 g/mol. The number of halogens is 1. The van der Waals surface area contributed by atoms with Crippen molar-refractivity contribution >= 4 is 21.7 Å². The number of amides is 2. The maximum absolute atomic E-state index is 14.4. The SMILES string of the molecule is CC(C)/C(N)=N/C(=O)N1CCC(COc2ccc(-c3ccc(S(C)(=O)=O)cc3F)nc2)CC1. The van der Waals surface area contributed by atoms with E-state index in [0.29, 0.717) is 42.9 Å². The van der Waals surface area contributed by atoms with E-state index in [0.717, 1.165) is 25.2 Å². The minimum absolute atomic E-state index is 0.0308. The monoisotopic (exact) mass is 476 g/mol. The van der Waals surface area contributed by atoms with Crippen LogP contribution >= 0.6 is 0 Å². The Morgan fingerprint density at radius 3 is 2.52 bits per heavy atom. The molecule has 0 spiro atoms. The predicted molar refractivity (Wildman–Crippen MR) is 124 cm³/mol. The zero-order valence-corrected chi connectivity index (χ0v) is 19.8. The molecular formula is C23H29FN4O4S.